The molecular weight excluding hydrogens is 400 g/mol. The predicted molar refractivity (Wildman–Crippen MR) is 134 cm³/mol. The second-order valence-electron chi connectivity index (χ2n) is 7.96. The Bertz CT molecular complexity index is 945. The Balaban J connectivity index is 1.64. The summed E-state index contributed by atoms with van der Waals surface area (Å²) >= 11 is 0. The molecule has 3 N–H and O–H groups in total. The van der Waals surface area contributed by atoms with Crippen molar-refractivity contribution in [3.63, 3.8) is 0 Å². The van der Waals surface area contributed by atoms with Crippen LogP contribution < -0.4 is 16.0 Å². The highest BCUT2D eigenvalue weighted by molar-refractivity contribution is 6.05. The molecule has 7 heteroatoms. The van der Waals surface area contributed by atoms with Crippen LogP contribution in [0.4, 0.5) is 11.4 Å². The average molecular weight is 435 g/mol. The minimum atomic E-state index is -0.135. The number of likely N-dealkylation sites (N-methyl/N-ethyl adjacent to an activating group) is 1. The summed E-state index contributed by atoms with van der Waals surface area (Å²) in [5, 5.41) is 9.42. The fourth-order valence-electron chi connectivity index (χ4n) is 3.62. The molecule has 1 amide bonds. The summed E-state index contributed by atoms with van der Waals surface area (Å²) < 4.78 is 0. The van der Waals surface area contributed by atoms with Crippen molar-refractivity contribution in [2.24, 2.45) is 4.99 Å². The van der Waals surface area contributed by atoms with E-state index in [-0.39, 0.29) is 5.91 Å². The Hall–Kier alpha value is -3.16. The molecule has 0 bridgehead atoms. The topological polar surface area (TPSA) is 72.0 Å². The van der Waals surface area contributed by atoms with E-state index in [1.54, 1.807) is 13.1 Å². The van der Waals surface area contributed by atoms with Gasteiger partial charge in [-0.15, -0.1) is 0 Å². The molecule has 0 atom stereocenters. The van der Waals surface area contributed by atoms with Crippen LogP contribution in [0, 0.1) is 0 Å². The van der Waals surface area contributed by atoms with Gasteiger partial charge in [-0.05, 0) is 49.4 Å². The Kier molecular flexibility index (Phi) is 8.41. The number of nitrogens with one attached hydrogen (secondary N) is 3. The zero-order valence-electron chi connectivity index (χ0n) is 19.3. The van der Waals surface area contributed by atoms with Gasteiger partial charge in [0.05, 0.1) is 5.69 Å². The number of anilines is 2. The molecule has 7 nitrogen and oxygen atoms in total. The Labute approximate surface area is 191 Å². The highest BCUT2D eigenvalue weighted by Gasteiger charge is 2.14. The zero-order chi connectivity index (χ0) is 22.9. The lowest BCUT2D eigenvalue weighted by Crippen LogP contribution is -2.43. The van der Waals surface area contributed by atoms with Crippen LogP contribution in [0.1, 0.15) is 28.4 Å². The van der Waals surface area contributed by atoms with Gasteiger partial charge in [-0.1, -0.05) is 30.9 Å². The molecule has 3 rings (SSSR count). The monoisotopic (exact) mass is 434 g/mol. The number of hydrogen-bond donors (Lipinski definition) is 3. The molecule has 0 unspecified atom stereocenters. The smallest absolute Gasteiger partial charge is 0.255 e. The molecule has 0 aliphatic carbocycles. The number of carbonyl (C=O) groups excluding carboxylic acids is 1. The van der Waals surface area contributed by atoms with E-state index in [4.69, 9.17) is 0 Å². The quantitative estimate of drug-likeness (QED) is 0.461. The van der Waals surface area contributed by atoms with Crippen molar-refractivity contribution in [3.05, 3.63) is 65.7 Å². The van der Waals surface area contributed by atoms with Gasteiger partial charge in [0.25, 0.3) is 5.91 Å². The predicted octanol–water partition coefficient (Wildman–Crippen LogP) is 3.34. The van der Waals surface area contributed by atoms with E-state index in [0.29, 0.717) is 17.2 Å². The van der Waals surface area contributed by atoms with Gasteiger partial charge in [0.15, 0.2) is 5.96 Å². The first kappa shape index (κ1) is 23.5. The van der Waals surface area contributed by atoms with Gasteiger partial charge in [-0.2, -0.15) is 0 Å². The third kappa shape index (κ3) is 6.42. The fourth-order valence-corrected chi connectivity index (χ4v) is 3.62. The first-order valence-electron chi connectivity index (χ1n) is 11.1. The van der Waals surface area contributed by atoms with Crippen molar-refractivity contribution in [3.8, 4) is 0 Å². The van der Waals surface area contributed by atoms with Crippen molar-refractivity contribution in [1.82, 2.24) is 15.1 Å². The number of guanidine groups is 1. The molecule has 2 aromatic carbocycles. The van der Waals surface area contributed by atoms with E-state index >= 15 is 0 Å². The highest BCUT2D eigenvalue weighted by Crippen LogP contribution is 2.23. The van der Waals surface area contributed by atoms with Crippen molar-refractivity contribution < 1.29 is 4.79 Å². The molecule has 0 saturated carbocycles. The second-order valence-corrected chi connectivity index (χ2v) is 7.96. The summed E-state index contributed by atoms with van der Waals surface area (Å²) in [7, 11) is 3.88. The van der Waals surface area contributed by atoms with Crippen molar-refractivity contribution in [2.75, 3.05) is 57.5 Å². The van der Waals surface area contributed by atoms with Crippen LogP contribution in [-0.4, -0.2) is 68.5 Å². The molecule has 1 saturated heterocycles. The number of rotatable bonds is 7. The van der Waals surface area contributed by atoms with Crippen molar-refractivity contribution in [2.45, 2.75) is 13.5 Å². The lowest BCUT2D eigenvalue weighted by molar-refractivity contribution is 0.102. The average Bonchev–Trinajstić information content (AvgIpc) is 2.81. The number of hydrogen-bond acceptors (Lipinski definition) is 4. The van der Waals surface area contributed by atoms with Gasteiger partial charge >= 0.3 is 0 Å². The number of piperazine rings is 1. The van der Waals surface area contributed by atoms with Gasteiger partial charge < -0.3 is 20.9 Å². The Morgan fingerprint density at radius 1 is 1.09 bits per heavy atom. The third-order valence-corrected chi connectivity index (χ3v) is 5.57. The van der Waals surface area contributed by atoms with E-state index in [9.17, 15) is 4.79 Å². The minimum absolute atomic E-state index is 0.135. The zero-order valence-corrected chi connectivity index (χ0v) is 19.3. The molecule has 1 aliphatic rings. The lowest BCUT2D eigenvalue weighted by Gasteiger charge is -2.32. The Morgan fingerprint density at radius 2 is 1.81 bits per heavy atom. The minimum Gasteiger partial charge on any atom is -0.356 e. The first-order valence-corrected chi connectivity index (χ1v) is 11.1. The SMILES string of the molecule is C=Cc1ccc(NC(=O)c2ccc(CN3CCN(C)CC3)cc2)cc1NC(=NC)NCC. The molecule has 0 radical (unpaired) electrons. The first-order chi connectivity index (χ1) is 15.5. The van der Waals surface area contributed by atoms with E-state index in [2.05, 4.69) is 44.4 Å². The maximum Gasteiger partial charge on any atom is 0.255 e. The maximum atomic E-state index is 12.8. The van der Waals surface area contributed by atoms with Gasteiger partial charge in [0.1, 0.15) is 0 Å². The van der Waals surface area contributed by atoms with Crippen LogP contribution in [0.15, 0.2) is 54.0 Å². The molecule has 170 valence electrons. The molecule has 1 heterocycles. The number of carbonyl (C=O) groups is 1. The normalized spacial score (nSPS) is 15.3. The lowest BCUT2D eigenvalue weighted by atomic mass is 10.1. The summed E-state index contributed by atoms with van der Waals surface area (Å²) in [4.78, 5) is 21.8. The van der Waals surface area contributed by atoms with E-state index in [1.165, 1.54) is 5.56 Å². The Morgan fingerprint density at radius 3 is 2.44 bits per heavy atom. The van der Waals surface area contributed by atoms with Crippen LogP contribution in [0.5, 0.6) is 0 Å². The third-order valence-electron chi connectivity index (χ3n) is 5.57. The molecule has 32 heavy (non-hydrogen) atoms. The number of aliphatic imine (C=N–C) groups is 1. The summed E-state index contributed by atoms with van der Waals surface area (Å²) in [5.41, 5.74) is 4.31. The van der Waals surface area contributed by atoms with Crippen LogP contribution in [0.25, 0.3) is 6.08 Å². The highest BCUT2D eigenvalue weighted by atomic mass is 16.1. The van der Waals surface area contributed by atoms with Crippen LogP contribution in [0.3, 0.4) is 0 Å². The van der Waals surface area contributed by atoms with E-state index < -0.39 is 0 Å². The van der Waals surface area contributed by atoms with Gasteiger partial charge in [0.2, 0.25) is 0 Å². The van der Waals surface area contributed by atoms with Gasteiger partial charge in [0, 0.05) is 57.6 Å². The maximum absolute atomic E-state index is 12.8. The molecule has 1 fully saturated rings. The van der Waals surface area contributed by atoms with Gasteiger partial charge in [-0.25, -0.2) is 0 Å². The number of benzene rings is 2. The summed E-state index contributed by atoms with van der Waals surface area (Å²) in [6.07, 6.45) is 1.77. The van der Waals surface area contributed by atoms with Crippen LogP contribution >= 0.6 is 0 Å². The van der Waals surface area contributed by atoms with Crippen LogP contribution in [-0.2, 0) is 6.54 Å². The van der Waals surface area contributed by atoms with Gasteiger partial charge in [-0.3, -0.25) is 14.7 Å². The molecular formula is C25H34N6O. The summed E-state index contributed by atoms with van der Waals surface area (Å²) in [6, 6.07) is 13.6. The second kappa shape index (κ2) is 11.5. The molecule has 2 aromatic rings. The summed E-state index contributed by atoms with van der Waals surface area (Å²) in [5.74, 6) is 0.527. The summed E-state index contributed by atoms with van der Waals surface area (Å²) in [6.45, 7) is 11.9. The molecule has 1 aliphatic heterocycles. The van der Waals surface area contributed by atoms with Crippen LogP contribution in [0.2, 0.25) is 0 Å². The fraction of sp³-hybridized carbons (Fsp3) is 0.360. The van der Waals surface area contributed by atoms with Crippen molar-refractivity contribution >= 4 is 29.3 Å². The molecule has 0 aromatic heterocycles. The number of amides is 1. The molecule has 0 spiro atoms. The van der Waals surface area contributed by atoms with Crippen molar-refractivity contribution in [1.29, 1.82) is 0 Å². The number of nitrogens with zero attached hydrogens (tertiary/aromatic N) is 3. The largest absolute Gasteiger partial charge is 0.356 e. The van der Waals surface area contributed by atoms with E-state index in [0.717, 1.165) is 50.5 Å². The standard InChI is InChI=1S/C25H34N6O/c1-5-20-11-12-22(17-23(20)29-25(26-3)27-6-2)28-24(32)21-9-7-19(8-10-21)18-31-15-13-30(4)14-16-31/h5,7-12,17H,1,6,13-16,18H2,2-4H3,(H,28,32)(H2,26,27,29). The van der Waals surface area contributed by atoms with E-state index in [1.807, 2.05) is 49.4 Å².